The SMILES string of the molecule is CCCN(CC#N)C(=O)c1cccc(C)c1Br. The van der Waals surface area contributed by atoms with Crippen molar-refractivity contribution in [3.8, 4) is 6.07 Å². The van der Waals surface area contributed by atoms with Crippen LogP contribution in [0, 0.1) is 18.3 Å². The fourth-order valence-electron chi connectivity index (χ4n) is 1.59. The predicted octanol–water partition coefficient (Wildman–Crippen LogP) is 3.13. The number of carbonyl (C=O) groups excluding carboxylic acids is 1. The quantitative estimate of drug-likeness (QED) is 0.801. The summed E-state index contributed by atoms with van der Waals surface area (Å²) in [5.74, 6) is -0.0935. The summed E-state index contributed by atoms with van der Waals surface area (Å²) in [5.41, 5.74) is 1.64. The molecule has 0 unspecified atom stereocenters. The first-order valence-corrected chi connectivity index (χ1v) is 6.32. The maximum Gasteiger partial charge on any atom is 0.255 e. The summed E-state index contributed by atoms with van der Waals surface area (Å²) in [7, 11) is 0. The van der Waals surface area contributed by atoms with Crippen LogP contribution in [0.3, 0.4) is 0 Å². The zero-order valence-electron chi connectivity index (χ0n) is 10.0. The Balaban J connectivity index is 3.01. The van der Waals surface area contributed by atoms with E-state index in [-0.39, 0.29) is 12.5 Å². The third kappa shape index (κ3) is 3.31. The van der Waals surface area contributed by atoms with Gasteiger partial charge in [0, 0.05) is 11.0 Å². The second-order valence-corrected chi connectivity index (χ2v) is 4.61. The fraction of sp³-hybridized carbons (Fsp3) is 0.385. The van der Waals surface area contributed by atoms with E-state index in [1.54, 1.807) is 11.0 Å². The van der Waals surface area contributed by atoms with Crippen LogP contribution in [0.2, 0.25) is 0 Å². The molecule has 0 atom stereocenters. The van der Waals surface area contributed by atoms with Crippen molar-refractivity contribution in [2.45, 2.75) is 20.3 Å². The summed E-state index contributed by atoms with van der Waals surface area (Å²) in [6.07, 6.45) is 0.844. The molecule has 1 aromatic carbocycles. The van der Waals surface area contributed by atoms with Crippen molar-refractivity contribution in [3.63, 3.8) is 0 Å². The van der Waals surface area contributed by atoms with Gasteiger partial charge in [-0.15, -0.1) is 0 Å². The molecule has 1 amide bonds. The molecule has 0 spiro atoms. The van der Waals surface area contributed by atoms with Gasteiger partial charge in [-0.1, -0.05) is 19.1 Å². The number of benzene rings is 1. The third-order valence-electron chi connectivity index (χ3n) is 2.46. The number of nitriles is 1. The Morgan fingerprint density at radius 3 is 2.82 bits per heavy atom. The minimum atomic E-state index is -0.0935. The molecule has 0 N–H and O–H groups in total. The maximum atomic E-state index is 12.2. The molecule has 0 aromatic heterocycles. The van der Waals surface area contributed by atoms with Crippen molar-refractivity contribution in [2.24, 2.45) is 0 Å². The predicted molar refractivity (Wildman–Crippen MR) is 70.7 cm³/mol. The van der Waals surface area contributed by atoms with Crippen molar-refractivity contribution < 1.29 is 4.79 Å². The molecule has 3 nitrogen and oxygen atoms in total. The summed E-state index contributed by atoms with van der Waals surface area (Å²) in [6, 6.07) is 7.60. The highest BCUT2D eigenvalue weighted by Crippen LogP contribution is 2.22. The second kappa shape index (κ2) is 6.41. The maximum absolute atomic E-state index is 12.2. The van der Waals surface area contributed by atoms with Gasteiger partial charge in [-0.2, -0.15) is 5.26 Å². The van der Waals surface area contributed by atoms with E-state index in [2.05, 4.69) is 15.9 Å². The summed E-state index contributed by atoms with van der Waals surface area (Å²) in [5, 5.41) is 8.73. The van der Waals surface area contributed by atoms with Gasteiger partial charge in [-0.25, -0.2) is 0 Å². The van der Waals surface area contributed by atoms with Gasteiger partial charge in [-0.3, -0.25) is 4.79 Å². The molecular weight excluding hydrogens is 280 g/mol. The molecule has 90 valence electrons. The summed E-state index contributed by atoms with van der Waals surface area (Å²) in [6.45, 7) is 4.66. The van der Waals surface area contributed by atoms with Gasteiger partial charge in [0.2, 0.25) is 0 Å². The van der Waals surface area contributed by atoms with Crippen LogP contribution >= 0.6 is 15.9 Å². The topological polar surface area (TPSA) is 44.1 Å². The summed E-state index contributed by atoms with van der Waals surface area (Å²) < 4.78 is 0.809. The van der Waals surface area contributed by atoms with Crippen LogP contribution in [0.4, 0.5) is 0 Å². The van der Waals surface area contributed by atoms with E-state index in [4.69, 9.17) is 5.26 Å². The van der Waals surface area contributed by atoms with E-state index in [1.807, 2.05) is 32.0 Å². The van der Waals surface area contributed by atoms with Crippen molar-refractivity contribution in [1.82, 2.24) is 4.90 Å². The fourth-order valence-corrected chi connectivity index (χ4v) is 2.02. The molecule has 0 aliphatic carbocycles. The van der Waals surface area contributed by atoms with Crippen molar-refractivity contribution >= 4 is 21.8 Å². The molecule has 0 aliphatic heterocycles. The number of amides is 1. The number of hydrogen-bond donors (Lipinski definition) is 0. The molecule has 1 aromatic rings. The molecule has 0 bridgehead atoms. The first-order valence-electron chi connectivity index (χ1n) is 5.53. The third-order valence-corrected chi connectivity index (χ3v) is 3.52. The molecular formula is C13H15BrN2O. The van der Waals surface area contributed by atoms with Gasteiger partial charge >= 0.3 is 0 Å². The number of hydrogen-bond acceptors (Lipinski definition) is 2. The van der Waals surface area contributed by atoms with E-state index >= 15 is 0 Å². The highest BCUT2D eigenvalue weighted by atomic mass is 79.9. The summed E-state index contributed by atoms with van der Waals surface area (Å²) >= 11 is 3.42. The number of nitrogens with zero attached hydrogens (tertiary/aromatic N) is 2. The van der Waals surface area contributed by atoms with E-state index in [0.29, 0.717) is 12.1 Å². The Kier molecular flexibility index (Phi) is 5.17. The standard InChI is InChI=1S/C13H15BrN2O/c1-3-8-16(9-7-15)13(17)11-6-4-5-10(2)12(11)14/h4-6H,3,8-9H2,1-2H3. The lowest BCUT2D eigenvalue weighted by molar-refractivity contribution is 0.0775. The van der Waals surface area contributed by atoms with Crippen LogP contribution < -0.4 is 0 Å². The minimum absolute atomic E-state index is 0.0935. The van der Waals surface area contributed by atoms with Crippen molar-refractivity contribution in [2.75, 3.05) is 13.1 Å². The number of carbonyl (C=O) groups is 1. The van der Waals surface area contributed by atoms with Crippen molar-refractivity contribution in [3.05, 3.63) is 33.8 Å². The molecule has 4 heteroatoms. The van der Waals surface area contributed by atoms with Gasteiger partial charge in [-0.05, 0) is 40.9 Å². The number of rotatable bonds is 4. The first-order chi connectivity index (χ1) is 8.11. The smallest absolute Gasteiger partial charge is 0.255 e. The normalized spacial score (nSPS) is 9.76. The van der Waals surface area contributed by atoms with Crippen LogP contribution in [0.5, 0.6) is 0 Å². The van der Waals surface area contributed by atoms with Crippen LogP contribution in [0.1, 0.15) is 29.3 Å². The van der Waals surface area contributed by atoms with E-state index in [0.717, 1.165) is 16.5 Å². The Bertz CT molecular complexity index is 451. The van der Waals surface area contributed by atoms with Gasteiger partial charge in [0.1, 0.15) is 6.54 Å². The molecule has 0 fully saturated rings. The molecule has 0 saturated heterocycles. The first kappa shape index (κ1) is 13.7. The van der Waals surface area contributed by atoms with E-state index in [9.17, 15) is 4.79 Å². The molecule has 0 radical (unpaired) electrons. The second-order valence-electron chi connectivity index (χ2n) is 3.82. The van der Waals surface area contributed by atoms with Gasteiger partial charge in [0.15, 0.2) is 0 Å². The lowest BCUT2D eigenvalue weighted by Gasteiger charge is -2.19. The zero-order chi connectivity index (χ0) is 12.8. The average molecular weight is 295 g/mol. The number of aryl methyl sites for hydroxylation is 1. The molecule has 17 heavy (non-hydrogen) atoms. The highest BCUT2D eigenvalue weighted by Gasteiger charge is 2.17. The number of halogens is 1. The highest BCUT2D eigenvalue weighted by molar-refractivity contribution is 9.10. The van der Waals surface area contributed by atoms with Gasteiger partial charge in [0.05, 0.1) is 11.6 Å². The molecule has 0 aliphatic rings. The zero-order valence-corrected chi connectivity index (χ0v) is 11.6. The lowest BCUT2D eigenvalue weighted by atomic mass is 10.1. The van der Waals surface area contributed by atoms with Gasteiger partial charge in [0.25, 0.3) is 5.91 Å². The van der Waals surface area contributed by atoms with E-state index < -0.39 is 0 Å². The largest absolute Gasteiger partial charge is 0.325 e. The Hall–Kier alpha value is -1.34. The average Bonchev–Trinajstić information content (AvgIpc) is 2.31. The Labute approximate surface area is 110 Å². The van der Waals surface area contributed by atoms with E-state index in [1.165, 1.54) is 0 Å². The Morgan fingerprint density at radius 1 is 1.53 bits per heavy atom. The van der Waals surface area contributed by atoms with Crippen LogP contribution in [0.15, 0.2) is 22.7 Å². The Morgan fingerprint density at radius 2 is 2.24 bits per heavy atom. The molecule has 0 heterocycles. The molecule has 0 saturated carbocycles. The van der Waals surface area contributed by atoms with Crippen molar-refractivity contribution in [1.29, 1.82) is 5.26 Å². The summed E-state index contributed by atoms with van der Waals surface area (Å²) in [4.78, 5) is 13.8. The van der Waals surface area contributed by atoms with Crippen LogP contribution in [0.25, 0.3) is 0 Å². The van der Waals surface area contributed by atoms with Gasteiger partial charge < -0.3 is 4.90 Å². The monoisotopic (exact) mass is 294 g/mol. The minimum Gasteiger partial charge on any atom is -0.325 e. The van der Waals surface area contributed by atoms with Crippen LogP contribution in [-0.4, -0.2) is 23.9 Å². The molecule has 1 rings (SSSR count). The lowest BCUT2D eigenvalue weighted by Crippen LogP contribution is -2.32. The van der Waals surface area contributed by atoms with Crippen LogP contribution in [-0.2, 0) is 0 Å².